The minimum absolute atomic E-state index is 0.0976. The van der Waals surface area contributed by atoms with Gasteiger partial charge in [0.2, 0.25) is 10.0 Å². The Hall–Kier alpha value is -2.53. The molecule has 10 heteroatoms. The molecule has 0 saturated carbocycles. The fourth-order valence-electron chi connectivity index (χ4n) is 2.54. The Labute approximate surface area is 194 Å². The average molecular weight is 480 g/mol. The van der Waals surface area contributed by atoms with Gasteiger partial charge in [0.25, 0.3) is 5.91 Å². The first-order valence-corrected chi connectivity index (χ1v) is 12.2. The smallest absolute Gasteiger partial charge is 0.257 e. The first kappa shape index (κ1) is 25.7. The van der Waals surface area contributed by atoms with Crippen LogP contribution in [0.25, 0.3) is 0 Å². The lowest BCUT2D eigenvalue weighted by atomic mass is 10.2. The highest BCUT2D eigenvalue weighted by Crippen LogP contribution is 2.15. The van der Waals surface area contributed by atoms with Gasteiger partial charge < -0.3 is 14.8 Å². The molecule has 0 aliphatic heterocycles. The van der Waals surface area contributed by atoms with Gasteiger partial charge >= 0.3 is 0 Å². The van der Waals surface area contributed by atoms with E-state index in [1.165, 1.54) is 12.1 Å². The zero-order valence-electron chi connectivity index (χ0n) is 18.4. The van der Waals surface area contributed by atoms with Crippen molar-refractivity contribution in [1.29, 1.82) is 0 Å². The molecule has 3 N–H and O–H groups in total. The Morgan fingerprint density at radius 2 is 1.69 bits per heavy atom. The zero-order valence-corrected chi connectivity index (χ0v) is 20.0. The van der Waals surface area contributed by atoms with Crippen LogP contribution in [-0.2, 0) is 14.8 Å². The molecule has 0 saturated heterocycles. The van der Waals surface area contributed by atoms with E-state index in [-0.39, 0.29) is 22.0 Å². The molecule has 0 aliphatic rings. The Kier molecular flexibility index (Phi) is 10.0. The monoisotopic (exact) mass is 479 g/mol. The molecule has 2 aromatic rings. The number of thiocarbonyl (C=S) groups is 1. The quantitative estimate of drug-likeness (QED) is 0.335. The summed E-state index contributed by atoms with van der Waals surface area (Å²) >= 11 is 5.19. The van der Waals surface area contributed by atoms with E-state index < -0.39 is 10.0 Å². The molecule has 2 aromatic carbocycles. The maximum absolute atomic E-state index is 12.4. The molecule has 0 bridgehead atoms. The van der Waals surface area contributed by atoms with Crippen molar-refractivity contribution in [3.8, 4) is 5.75 Å². The van der Waals surface area contributed by atoms with Gasteiger partial charge in [0.1, 0.15) is 12.4 Å². The van der Waals surface area contributed by atoms with Gasteiger partial charge in [0.15, 0.2) is 5.11 Å². The molecule has 0 aromatic heterocycles. The van der Waals surface area contributed by atoms with Crippen LogP contribution in [-0.4, -0.2) is 45.3 Å². The van der Waals surface area contributed by atoms with Gasteiger partial charge in [-0.1, -0.05) is 6.92 Å². The van der Waals surface area contributed by atoms with Gasteiger partial charge in [-0.25, -0.2) is 13.1 Å². The van der Waals surface area contributed by atoms with E-state index >= 15 is 0 Å². The Morgan fingerprint density at radius 3 is 2.28 bits per heavy atom. The molecule has 0 aliphatic carbocycles. The van der Waals surface area contributed by atoms with Crippen LogP contribution in [0.15, 0.2) is 53.4 Å². The number of carbonyl (C=O) groups excluding carboxylic acids is 1. The van der Waals surface area contributed by atoms with Gasteiger partial charge in [-0.2, -0.15) is 0 Å². The van der Waals surface area contributed by atoms with Crippen LogP contribution < -0.4 is 20.1 Å². The number of benzene rings is 2. The maximum Gasteiger partial charge on any atom is 0.257 e. The summed E-state index contributed by atoms with van der Waals surface area (Å²) in [6.07, 6.45) is 0.691. The van der Waals surface area contributed by atoms with Crippen LogP contribution in [0.3, 0.4) is 0 Å². The van der Waals surface area contributed by atoms with E-state index in [1.54, 1.807) is 43.3 Å². The van der Waals surface area contributed by atoms with Crippen LogP contribution >= 0.6 is 12.2 Å². The van der Waals surface area contributed by atoms with E-state index in [1.807, 2.05) is 13.8 Å². The molecular weight excluding hydrogens is 450 g/mol. The highest BCUT2D eigenvalue weighted by molar-refractivity contribution is 7.89. The number of sulfonamides is 1. The summed E-state index contributed by atoms with van der Waals surface area (Å²) in [5.41, 5.74) is 0.972. The summed E-state index contributed by atoms with van der Waals surface area (Å²) in [6.45, 7) is 7.19. The highest BCUT2D eigenvalue weighted by atomic mass is 32.2. The van der Waals surface area contributed by atoms with Gasteiger partial charge in [0.05, 0.1) is 11.5 Å². The topological polar surface area (TPSA) is 106 Å². The molecule has 1 amide bonds. The van der Waals surface area contributed by atoms with E-state index in [0.717, 1.165) is 0 Å². The van der Waals surface area contributed by atoms with Gasteiger partial charge in [-0.05, 0) is 81.0 Å². The van der Waals surface area contributed by atoms with Crippen LogP contribution in [0, 0.1) is 0 Å². The summed E-state index contributed by atoms with van der Waals surface area (Å²) in [4.78, 5) is 12.5. The van der Waals surface area contributed by atoms with Crippen LogP contribution in [0.5, 0.6) is 5.75 Å². The van der Waals surface area contributed by atoms with Crippen LogP contribution in [0.4, 0.5) is 5.69 Å². The number of anilines is 1. The lowest BCUT2D eigenvalue weighted by Crippen LogP contribution is -2.34. The fraction of sp³-hybridized carbons (Fsp3) is 0.364. The molecule has 8 nitrogen and oxygen atoms in total. The van der Waals surface area contributed by atoms with Gasteiger partial charge in [-0.15, -0.1) is 0 Å². The lowest BCUT2D eigenvalue weighted by Gasteiger charge is -2.13. The minimum atomic E-state index is -3.58. The second-order valence-electron chi connectivity index (χ2n) is 6.93. The van der Waals surface area contributed by atoms with Gasteiger partial charge in [0, 0.05) is 23.9 Å². The van der Waals surface area contributed by atoms with Crippen molar-refractivity contribution in [2.24, 2.45) is 0 Å². The summed E-state index contributed by atoms with van der Waals surface area (Å²) in [7, 11) is -3.58. The Bertz CT molecular complexity index is 993. The number of hydrogen-bond donors (Lipinski definition) is 3. The van der Waals surface area contributed by atoms with Crippen molar-refractivity contribution >= 4 is 38.9 Å². The molecule has 0 radical (unpaired) electrons. The summed E-state index contributed by atoms with van der Waals surface area (Å²) in [6, 6.07) is 12.6. The zero-order chi connectivity index (χ0) is 23.6. The minimum Gasteiger partial charge on any atom is -0.491 e. The predicted octanol–water partition coefficient (Wildman–Crippen LogP) is 3.31. The molecule has 2 rings (SSSR count). The molecule has 0 fully saturated rings. The molecule has 1 atom stereocenters. The number of amides is 1. The first-order valence-electron chi connectivity index (χ1n) is 10.3. The highest BCUT2D eigenvalue weighted by Gasteiger charge is 2.16. The number of rotatable bonds is 11. The third kappa shape index (κ3) is 8.19. The Morgan fingerprint density at radius 1 is 1.03 bits per heavy atom. The van der Waals surface area contributed by atoms with E-state index in [9.17, 15) is 13.2 Å². The van der Waals surface area contributed by atoms with E-state index in [4.69, 9.17) is 21.7 Å². The lowest BCUT2D eigenvalue weighted by molar-refractivity contribution is 0.0977. The SMILES string of the molecule is CCOCCOc1ccc(C(=O)NC(=S)Nc2ccc(S(=O)(=O)NC(C)CC)cc2)cc1. The third-order valence-electron chi connectivity index (χ3n) is 4.44. The first-order chi connectivity index (χ1) is 15.2. The second-order valence-corrected chi connectivity index (χ2v) is 9.06. The molecular formula is C22H29N3O5S2. The summed E-state index contributed by atoms with van der Waals surface area (Å²) in [5.74, 6) is 0.264. The standard InChI is InChI=1S/C22H29N3O5S2/c1-4-16(3)25-32(27,28)20-12-8-18(9-13-20)23-22(31)24-21(26)17-6-10-19(11-7-17)30-15-14-29-5-2/h6-13,16,25H,4-5,14-15H2,1-3H3,(H2,23,24,26,31). The van der Waals surface area contributed by atoms with E-state index in [2.05, 4.69) is 15.4 Å². The average Bonchev–Trinajstić information content (AvgIpc) is 2.77. The van der Waals surface area contributed by atoms with Gasteiger partial charge in [-0.3, -0.25) is 10.1 Å². The normalized spacial score (nSPS) is 12.1. The second kappa shape index (κ2) is 12.5. The maximum atomic E-state index is 12.4. The molecule has 32 heavy (non-hydrogen) atoms. The number of nitrogens with one attached hydrogen (secondary N) is 3. The molecule has 0 spiro atoms. The predicted molar refractivity (Wildman–Crippen MR) is 129 cm³/mol. The van der Waals surface area contributed by atoms with Crippen molar-refractivity contribution in [1.82, 2.24) is 10.0 Å². The number of hydrogen-bond acceptors (Lipinski definition) is 6. The largest absolute Gasteiger partial charge is 0.491 e. The van der Waals surface area contributed by atoms with Crippen molar-refractivity contribution < 1.29 is 22.7 Å². The number of carbonyl (C=O) groups is 1. The van der Waals surface area contributed by atoms with Crippen LogP contribution in [0.1, 0.15) is 37.6 Å². The summed E-state index contributed by atoms with van der Waals surface area (Å²) in [5, 5.41) is 5.56. The van der Waals surface area contributed by atoms with Crippen molar-refractivity contribution in [2.45, 2.75) is 38.1 Å². The Balaban J connectivity index is 1.88. The van der Waals surface area contributed by atoms with E-state index in [0.29, 0.717) is 43.2 Å². The molecule has 1 unspecified atom stereocenters. The summed E-state index contributed by atoms with van der Waals surface area (Å²) < 4.78 is 38.0. The van der Waals surface area contributed by atoms with Crippen molar-refractivity contribution in [3.05, 3.63) is 54.1 Å². The third-order valence-corrected chi connectivity index (χ3v) is 6.24. The fourth-order valence-corrected chi connectivity index (χ4v) is 4.07. The van der Waals surface area contributed by atoms with Crippen molar-refractivity contribution in [3.63, 3.8) is 0 Å². The van der Waals surface area contributed by atoms with Crippen molar-refractivity contribution in [2.75, 3.05) is 25.1 Å². The molecule has 174 valence electrons. The number of ether oxygens (including phenoxy) is 2. The molecule has 0 heterocycles. The van der Waals surface area contributed by atoms with Crippen LogP contribution in [0.2, 0.25) is 0 Å².